The lowest BCUT2D eigenvalue weighted by molar-refractivity contribution is 0.0694. The van der Waals surface area contributed by atoms with Gasteiger partial charge in [0.15, 0.2) is 0 Å². The van der Waals surface area contributed by atoms with Gasteiger partial charge in [-0.3, -0.25) is 4.79 Å². The molecule has 15 heavy (non-hydrogen) atoms. The van der Waals surface area contributed by atoms with Gasteiger partial charge in [0.05, 0.1) is 11.8 Å². The number of carbonyl (C=O) groups is 1. The number of rotatable bonds is 3. The largest absolute Gasteiger partial charge is 0.397 e. The van der Waals surface area contributed by atoms with Crippen LogP contribution in [0.25, 0.3) is 0 Å². The fourth-order valence-corrected chi connectivity index (χ4v) is 1.48. The molecule has 0 bridgehead atoms. The number of hydrogen-bond donors (Lipinski definition) is 2. The van der Waals surface area contributed by atoms with Crippen LogP contribution in [0.15, 0.2) is 12.3 Å². The molecule has 1 atom stereocenters. The zero-order valence-corrected chi connectivity index (χ0v) is 9.27. The Morgan fingerprint density at radius 3 is 2.73 bits per heavy atom. The van der Waals surface area contributed by atoms with Gasteiger partial charge in [-0.15, -0.1) is 0 Å². The van der Waals surface area contributed by atoms with E-state index in [0.717, 1.165) is 0 Å². The van der Waals surface area contributed by atoms with Gasteiger partial charge in [-0.1, -0.05) is 0 Å². The minimum atomic E-state index is -0.531. The molecule has 0 spiro atoms. The molecule has 1 aromatic rings. The van der Waals surface area contributed by atoms with Crippen LogP contribution >= 0.6 is 0 Å². The van der Waals surface area contributed by atoms with Crippen LogP contribution in [0.3, 0.4) is 0 Å². The number of carbonyl (C=O) groups excluding carboxylic acids is 1. The standard InChI is InChI=1S/C10H17N3O2/c1-7(14)5-13(3)10(15)9-4-8(11)6-12(9)2/h4,6-7,14H,5,11H2,1-3H3. The SMILES string of the molecule is CC(O)CN(C)C(=O)c1cc(N)cn1C. The van der Waals surface area contributed by atoms with Gasteiger partial charge in [-0.05, 0) is 13.0 Å². The molecule has 5 heteroatoms. The van der Waals surface area contributed by atoms with E-state index in [2.05, 4.69) is 0 Å². The number of nitrogen functional groups attached to an aromatic ring is 1. The highest BCUT2D eigenvalue weighted by Gasteiger charge is 2.16. The summed E-state index contributed by atoms with van der Waals surface area (Å²) in [4.78, 5) is 13.3. The van der Waals surface area contributed by atoms with Crippen LogP contribution in [0.2, 0.25) is 0 Å². The normalized spacial score (nSPS) is 12.5. The van der Waals surface area contributed by atoms with E-state index in [4.69, 9.17) is 10.8 Å². The molecule has 0 aliphatic carbocycles. The second-order valence-electron chi connectivity index (χ2n) is 3.80. The van der Waals surface area contributed by atoms with E-state index in [-0.39, 0.29) is 5.91 Å². The molecular weight excluding hydrogens is 194 g/mol. The van der Waals surface area contributed by atoms with Crippen molar-refractivity contribution in [1.29, 1.82) is 0 Å². The van der Waals surface area contributed by atoms with Gasteiger partial charge >= 0.3 is 0 Å². The van der Waals surface area contributed by atoms with E-state index < -0.39 is 6.10 Å². The highest BCUT2D eigenvalue weighted by atomic mass is 16.3. The number of aliphatic hydroxyl groups is 1. The zero-order chi connectivity index (χ0) is 11.6. The molecule has 3 N–H and O–H groups in total. The molecule has 1 rings (SSSR count). The molecule has 84 valence electrons. The van der Waals surface area contributed by atoms with Crippen LogP contribution < -0.4 is 5.73 Å². The van der Waals surface area contributed by atoms with E-state index in [1.54, 1.807) is 37.8 Å². The van der Waals surface area contributed by atoms with Gasteiger partial charge in [0.1, 0.15) is 5.69 Å². The summed E-state index contributed by atoms with van der Waals surface area (Å²) in [5, 5.41) is 9.17. The molecule has 0 radical (unpaired) electrons. The third-order valence-electron chi connectivity index (χ3n) is 2.13. The van der Waals surface area contributed by atoms with Crippen LogP contribution in [0.4, 0.5) is 5.69 Å². The summed E-state index contributed by atoms with van der Waals surface area (Å²) >= 11 is 0. The second kappa shape index (κ2) is 4.35. The summed E-state index contributed by atoms with van der Waals surface area (Å²) in [6.45, 7) is 1.95. The van der Waals surface area contributed by atoms with Crippen molar-refractivity contribution in [3.8, 4) is 0 Å². The van der Waals surface area contributed by atoms with Gasteiger partial charge in [0, 0.05) is 26.8 Å². The zero-order valence-electron chi connectivity index (χ0n) is 9.27. The minimum absolute atomic E-state index is 0.143. The smallest absolute Gasteiger partial charge is 0.270 e. The molecule has 1 heterocycles. The Labute approximate surface area is 89.1 Å². The number of amides is 1. The average Bonchev–Trinajstić information content (AvgIpc) is 2.42. The van der Waals surface area contributed by atoms with Crippen LogP contribution in [0.1, 0.15) is 17.4 Å². The molecule has 0 aliphatic rings. The van der Waals surface area contributed by atoms with E-state index in [0.29, 0.717) is 17.9 Å². The number of aliphatic hydroxyl groups excluding tert-OH is 1. The second-order valence-corrected chi connectivity index (χ2v) is 3.80. The average molecular weight is 211 g/mol. The molecule has 0 aromatic carbocycles. The molecular formula is C10H17N3O2. The number of aryl methyl sites for hydroxylation is 1. The molecule has 0 saturated heterocycles. The van der Waals surface area contributed by atoms with Crippen molar-refractivity contribution in [1.82, 2.24) is 9.47 Å². The van der Waals surface area contributed by atoms with Gasteiger partial charge in [-0.25, -0.2) is 0 Å². The minimum Gasteiger partial charge on any atom is -0.397 e. The Bertz CT molecular complexity index is 358. The lowest BCUT2D eigenvalue weighted by Crippen LogP contribution is -2.33. The Kier molecular flexibility index (Phi) is 3.36. The topological polar surface area (TPSA) is 71.5 Å². The van der Waals surface area contributed by atoms with Crippen LogP contribution in [-0.2, 0) is 7.05 Å². The first kappa shape index (κ1) is 11.6. The molecule has 0 aliphatic heterocycles. The number of anilines is 1. The summed E-state index contributed by atoms with van der Waals surface area (Å²) in [5.74, 6) is -0.143. The molecule has 0 fully saturated rings. The number of nitrogens with two attached hydrogens (primary N) is 1. The van der Waals surface area contributed by atoms with Crippen molar-refractivity contribution in [3.05, 3.63) is 18.0 Å². The lowest BCUT2D eigenvalue weighted by atomic mass is 10.3. The van der Waals surface area contributed by atoms with E-state index >= 15 is 0 Å². The van der Waals surface area contributed by atoms with Crippen molar-refractivity contribution in [2.24, 2.45) is 7.05 Å². The fourth-order valence-electron chi connectivity index (χ4n) is 1.48. The van der Waals surface area contributed by atoms with Gasteiger partial charge in [0.25, 0.3) is 5.91 Å². The summed E-state index contributed by atoms with van der Waals surface area (Å²) < 4.78 is 1.68. The summed E-state index contributed by atoms with van der Waals surface area (Å²) in [7, 11) is 3.41. The maximum Gasteiger partial charge on any atom is 0.270 e. The van der Waals surface area contributed by atoms with Crippen molar-refractivity contribution in [2.45, 2.75) is 13.0 Å². The maximum atomic E-state index is 11.9. The highest BCUT2D eigenvalue weighted by Crippen LogP contribution is 2.10. The third kappa shape index (κ3) is 2.73. The predicted molar refractivity (Wildman–Crippen MR) is 58.5 cm³/mol. The molecule has 0 saturated carbocycles. The van der Waals surface area contributed by atoms with Crippen molar-refractivity contribution in [3.63, 3.8) is 0 Å². The van der Waals surface area contributed by atoms with Gasteiger partial charge < -0.3 is 20.3 Å². The molecule has 1 aromatic heterocycles. The fraction of sp³-hybridized carbons (Fsp3) is 0.500. The van der Waals surface area contributed by atoms with Crippen LogP contribution in [0.5, 0.6) is 0 Å². The highest BCUT2D eigenvalue weighted by molar-refractivity contribution is 5.93. The maximum absolute atomic E-state index is 11.9. The Morgan fingerprint density at radius 1 is 1.73 bits per heavy atom. The monoisotopic (exact) mass is 211 g/mol. The summed E-state index contributed by atoms with van der Waals surface area (Å²) in [5.41, 5.74) is 6.66. The van der Waals surface area contributed by atoms with Crippen molar-refractivity contribution < 1.29 is 9.90 Å². The summed E-state index contributed by atoms with van der Waals surface area (Å²) in [6, 6.07) is 1.63. The number of hydrogen-bond acceptors (Lipinski definition) is 3. The molecule has 5 nitrogen and oxygen atoms in total. The van der Waals surface area contributed by atoms with E-state index in [1.807, 2.05) is 0 Å². The summed E-state index contributed by atoms with van der Waals surface area (Å²) in [6.07, 6.45) is 1.15. The Hall–Kier alpha value is -1.49. The van der Waals surface area contributed by atoms with Crippen LogP contribution in [-0.4, -0.2) is 40.2 Å². The first-order valence-corrected chi connectivity index (χ1v) is 4.77. The van der Waals surface area contributed by atoms with Gasteiger partial charge in [-0.2, -0.15) is 0 Å². The molecule has 1 unspecified atom stereocenters. The van der Waals surface area contributed by atoms with Gasteiger partial charge in [0.2, 0.25) is 0 Å². The van der Waals surface area contributed by atoms with E-state index in [1.165, 1.54) is 4.90 Å². The van der Waals surface area contributed by atoms with Crippen molar-refractivity contribution in [2.75, 3.05) is 19.3 Å². The molecule has 1 amide bonds. The Balaban J connectivity index is 2.80. The number of nitrogens with zero attached hydrogens (tertiary/aromatic N) is 2. The first-order valence-electron chi connectivity index (χ1n) is 4.77. The number of aromatic nitrogens is 1. The lowest BCUT2D eigenvalue weighted by Gasteiger charge is -2.18. The quantitative estimate of drug-likeness (QED) is 0.742. The van der Waals surface area contributed by atoms with E-state index in [9.17, 15) is 4.79 Å². The Morgan fingerprint density at radius 2 is 2.33 bits per heavy atom. The van der Waals surface area contributed by atoms with Crippen molar-refractivity contribution >= 4 is 11.6 Å². The predicted octanol–water partition coefficient (Wildman–Crippen LogP) is 0.0601. The third-order valence-corrected chi connectivity index (χ3v) is 2.13. The first-order chi connectivity index (χ1) is 6.91. The van der Waals surface area contributed by atoms with Crippen LogP contribution in [0, 0.1) is 0 Å². The number of likely N-dealkylation sites (N-methyl/N-ethyl adjacent to an activating group) is 1.